The molecule has 0 aromatic carbocycles. The fourth-order valence-electron chi connectivity index (χ4n) is 2.23. The van der Waals surface area contributed by atoms with Gasteiger partial charge in [-0.25, -0.2) is 4.79 Å². The van der Waals surface area contributed by atoms with Crippen molar-refractivity contribution < 1.29 is 9.90 Å². The van der Waals surface area contributed by atoms with Crippen LogP contribution < -0.4 is 10.6 Å². The fourth-order valence-corrected chi connectivity index (χ4v) is 2.23. The molecule has 3 N–H and O–H groups in total. The largest absolute Gasteiger partial charge is 0.392 e. The van der Waals surface area contributed by atoms with Gasteiger partial charge in [0.25, 0.3) is 0 Å². The monoisotopic (exact) mass is 293 g/mol. The minimum Gasteiger partial charge on any atom is -0.392 e. The number of amides is 2. The fraction of sp³-hybridized carbons (Fsp3) is 0.625. The van der Waals surface area contributed by atoms with Gasteiger partial charge >= 0.3 is 6.03 Å². The standard InChI is InChI=1S/C16H27N3O2/c1-12(2)14(20)16(3,4)11-19-15(21)18-10-8-13-7-5-6-9-17-13/h5-7,9,12,14,20H,8,10-11H2,1-4H3,(H2,18,19,21). The lowest BCUT2D eigenvalue weighted by atomic mass is 9.81. The van der Waals surface area contributed by atoms with Gasteiger partial charge in [0.05, 0.1) is 6.10 Å². The van der Waals surface area contributed by atoms with Crippen molar-refractivity contribution in [1.82, 2.24) is 15.6 Å². The molecule has 0 aliphatic heterocycles. The van der Waals surface area contributed by atoms with Gasteiger partial charge in [-0.15, -0.1) is 0 Å². The number of urea groups is 1. The van der Waals surface area contributed by atoms with Crippen LogP contribution in [0.25, 0.3) is 0 Å². The third-order valence-electron chi connectivity index (χ3n) is 3.53. The lowest BCUT2D eigenvalue weighted by Crippen LogP contribution is -2.46. The summed E-state index contributed by atoms with van der Waals surface area (Å²) in [5.74, 6) is 0.161. The third kappa shape index (κ3) is 6.12. The number of carbonyl (C=O) groups excluding carboxylic acids is 1. The normalized spacial score (nSPS) is 13.0. The Morgan fingerprint density at radius 3 is 2.62 bits per heavy atom. The van der Waals surface area contributed by atoms with E-state index in [-0.39, 0.29) is 17.4 Å². The first-order valence-corrected chi connectivity index (χ1v) is 7.42. The maximum atomic E-state index is 11.7. The molecule has 1 rings (SSSR count). The Hall–Kier alpha value is -1.62. The second kappa shape index (κ2) is 7.98. The Balaban J connectivity index is 2.28. The zero-order valence-corrected chi connectivity index (χ0v) is 13.4. The molecule has 0 saturated carbocycles. The highest BCUT2D eigenvalue weighted by Gasteiger charge is 2.30. The molecule has 5 heteroatoms. The van der Waals surface area contributed by atoms with E-state index < -0.39 is 6.10 Å². The van der Waals surface area contributed by atoms with Crippen molar-refractivity contribution >= 4 is 6.03 Å². The predicted octanol–water partition coefficient (Wildman–Crippen LogP) is 1.97. The van der Waals surface area contributed by atoms with Crippen LogP contribution in [0.3, 0.4) is 0 Å². The molecule has 1 heterocycles. The highest BCUT2D eigenvalue weighted by Crippen LogP contribution is 2.24. The lowest BCUT2D eigenvalue weighted by Gasteiger charge is -2.33. The summed E-state index contributed by atoms with van der Waals surface area (Å²) in [7, 11) is 0. The molecule has 0 aliphatic carbocycles. The third-order valence-corrected chi connectivity index (χ3v) is 3.53. The number of nitrogens with zero attached hydrogens (tertiary/aromatic N) is 1. The summed E-state index contributed by atoms with van der Waals surface area (Å²) >= 11 is 0. The molecule has 118 valence electrons. The van der Waals surface area contributed by atoms with Crippen LogP contribution in [0.15, 0.2) is 24.4 Å². The minimum absolute atomic E-state index is 0.161. The van der Waals surface area contributed by atoms with E-state index in [4.69, 9.17) is 0 Å². The van der Waals surface area contributed by atoms with E-state index in [0.717, 1.165) is 5.69 Å². The van der Waals surface area contributed by atoms with Crippen molar-refractivity contribution in [3.05, 3.63) is 30.1 Å². The molecule has 0 fully saturated rings. The van der Waals surface area contributed by atoms with E-state index in [1.807, 2.05) is 45.9 Å². The summed E-state index contributed by atoms with van der Waals surface area (Å²) in [5.41, 5.74) is 0.598. The van der Waals surface area contributed by atoms with Gasteiger partial charge in [0.1, 0.15) is 0 Å². The second-order valence-electron chi connectivity index (χ2n) is 6.36. The molecule has 1 aromatic heterocycles. The molecule has 0 saturated heterocycles. The smallest absolute Gasteiger partial charge is 0.314 e. The summed E-state index contributed by atoms with van der Waals surface area (Å²) < 4.78 is 0. The number of nitrogens with one attached hydrogen (secondary N) is 2. The molecule has 1 atom stereocenters. The number of pyridine rings is 1. The average molecular weight is 293 g/mol. The molecule has 0 aliphatic rings. The Labute approximate surface area is 127 Å². The Kier molecular flexibility index (Phi) is 6.62. The molecular formula is C16H27N3O2. The number of rotatable bonds is 7. The maximum Gasteiger partial charge on any atom is 0.314 e. The van der Waals surface area contributed by atoms with Crippen molar-refractivity contribution in [2.24, 2.45) is 11.3 Å². The summed E-state index contributed by atoms with van der Waals surface area (Å²) in [6.07, 6.45) is 1.99. The maximum absolute atomic E-state index is 11.7. The summed E-state index contributed by atoms with van der Waals surface area (Å²) in [4.78, 5) is 15.9. The number of hydrogen-bond acceptors (Lipinski definition) is 3. The zero-order valence-electron chi connectivity index (χ0n) is 13.4. The van der Waals surface area contributed by atoms with Crippen LogP contribution in [0, 0.1) is 11.3 Å². The number of hydrogen-bond donors (Lipinski definition) is 3. The van der Waals surface area contributed by atoms with E-state index in [1.165, 1.54) is 0 Å². The average Bonchev–Trinajstić information content (AvgIpc) is 2.45. The SMILES string of the molecule is CC(C)C(O)C(C)(C)CNC(=O)NCCc1ccccn1. The van der Waals surface area contributed by atoms with Crippen LogP contribution in [-0.2, 0) is 6.42 Å². The van der Waals surface area contributed by atoms with Crippen molar-refractivity contribution in [1.29, 1.82) is 0 Å². The number of aliphatic hydroxyl groups excluding tert-OH is 1. The van der Waals surface area contributed by atoms with E-state index in [2.05, 4.69) is 15.6 Å². The first-order chi connectivity index (χ1) is 9.83. The molecule has 0 radical (unpaired) electrons. The van der Waals surface area contributed by atoms with Gasteiger partial charge in [-0.05, 0) is 18.1 Å². The van der Waals surface area contributed by atoms with Crippen molar-refractivity contribution in [3.8, 4) is 0 Å². The van der Waals surface area contributed by atoms with Gasteiger partial charge in [0.15, 0.2) is 0 Å². The van der Waals surface area contributed by atoms with Crippen molar-refractivity contribution in [3.63, 3.8) is 0 Å². The molecule has 0 bridgehead atoms. The van der Waals surface area contributed by atoms with Crippen LogP contribution in [-0.4, -0.2) is 35.3 Å². The highest BCUT2D eigenvalue weighted by atomic mass is 16.3. The molecule has 5 nitrogen and oxygen atoms in total. The van der Waals surface area contributed by atoms with Crippen LogP contribution in [0.4, 0.5) is 4.79 Å². The molecule has 21 heavy (non-hydrogen) atoms. The van der Waals surface area contributed by atoms with E-state index >= 15 is 0 Å². The molecular weight excluding hydrogens is 266 g/mol. The Morgan fingerprint density at radius 2 is 2.05 bits per heavy atom. The zero-order chi connectivity index (χ0) is 15.9. The van der Waals surface area contributed by atoms with Crippen LogP contribution in [0.5, 0.6) is 0 Å². The van der Waals surface area contributed by atoms with Gasteiger partial charge in [-0.1, -0.05) is 33.8 Å². The minimum atomic E-state index is -0.452. The molecule has 0 spiro atoms. The predicted molar refractivity (Wildman–Crippen MR) is 84.0 cm³/mol. The van der Waals surface area contributed by atoms with Gasteiger partial charge in [-0.2, -0.15) is 0 Å². The Bertz CT molecular complexity index is 432. The second-order valence-corrected chi connectivity index (χ2v) is 6.36. The summed E-state index contributed by atoms with van der Waals surface area (Å²) in [6.45, 7) is 8.81. The van der Waals surface area contributed by atoms with E-state index in [9.17, 15) is 9.90 Å². The quantitative estimate of drug-likeness (QED) is 0.719. The van der Waals surface area contributed by atoms with Crippen LogP contribution >= 0.6 is 0 Å². The highest BCUT2D eigenvalue weighted by molar-refractivity contribution is 5.73. The molecule has 2 amide bonds. The van der Waals surface area contributed by atoms with Crippen LogP contribution in [0.2, 0.25) is 0 Å². The summed E-state index contributed by atoms with van der Waals surface area (Å²) in [6, 6.07) is 5.51. The van der Waals surface area contributed by atoms with Gasteiger partial charge in [0.2, 0.25) is 0 Å². The summed E-state index contributed by atoms with van der Waals surface area (Å²) in [5, 5.41) is 15.7. The number of aromatic nitrogens is 1. The first kappa shape index (κ1) is 17.4. The van der Waals surface area contributed by atoms with E-state index in [1.54, 1.807) is 6.20 Å². The van der Waals surface area contributed by atoms with Crippen molar-refractivity contribution in [2.45, 2.75) is 40.2 Å². The molecule has 1 unspecified atom stereocenters. The van der Waals surface area contributed by atoms with Crippen molar-refractivity contribution in [2.75, 3.05) is 13.1 Å². The van der Waals surface area contributed by atoms with Gasteiger partial charge < -0.3 is 15.7 Å². The first-order valence-electron chi connectivity index (χ1n) is 7.42. The topological polar surface area (TPSA) is 74.2 Å². The molecule has 1 aromatic rings. The van der Waals surface area contributed by atoms with Crippen LogP contribution in [0.1, 0.15) is 33.4 Å². The van der Waals surface area contributed by atoms with E-state index in [0.29, 0.717) is 19.5 Å². The lowest BCUT2D eigenvalue weighted by molar-refractivity contribution is 0.0151. The number of aliphatic hydroxyl groups is 1. The van der Waals surface area contributed by atoms with Gasteiger partial charge in [0, 0.05) is 36.8 Å². The Morgan fingerprint density at radius 1 is 1.33 bits per heavy atom. The number of carbonyl (C=O) groups is 1. The van der Waals surface area contributed by atoms with Gasteiger partial charge in [-0.3, -0.25) is 4.98 Å².